The summed E-state index contributed by atoms with van der Waals surface area (Å²) in [5.41, 5.74) is 1.28. The Morgan fingerprint density at radius 2 is 2.19 bits per heavy atom. The van der Waals surface area contributed by atoms with Gasteiger partial charge in [-0.15, -0.1) is 0 Å². The molecule has 1 saturated heterocycles. The molecule has 0 N–H and O–H groups in total. The van der Waals surface area contributed by atoms with Gasteiger partial charge in [-0.3, -0.25) is 9.69 Å². The van der Waals surface area contributed by atoms with Gasteiger partial charge in [0.1, 0.15) is 6.10 Å². The van der Waals surface area contributed by atoms with Crippen LogP contribution in [0.4, 0.5) is 0 Å². The Morgan fingerprint density at radius 3 is 2.93 bits per heavy atom. The minimum atomic E-state index is -0.228. The summed E-state index contributed by atoms with van der Waals surface area (Å²) in [6.07, 6.45) is 1.73. The zero-order valence-corrected chi connectivity index (χ0v) is 16.3. The van der Waals surface area contributed by atoms with Crippen molar-refractivity contribution in [3.05, 3.63) is 47.6 Å². The summed E-state index contributed by atoms with van der Waals surface area (Å²) in [4.78, 5) is 21.2. The van der Waals surface area contributed by atoms with Gasteiger partial charge in [-0.05, 0) is 31.9 Å². The maximum absolute atomic E-state index is 12.9. The molecule has 0 spiro atoms. The van der Waals surface area contributed by atoms with Crippen LogP contribution in [0.1, 0.15) is 43.1 Å². The molecular weight excluding hydrogens is 344 g/mol. The van der Waals surface area contributed by atoms with Gasteiger partial charge in [0.05, 0.1) is 12.5 Å². The number of carbonyl (C=O) groups is 1. The molecule has 3 rings (SSSR count). The van der Waals surface area contributed by atoms with E-state index < -0.39 is 0 Å². The summed E-state index contributed by atoms with van der Waals surface area (Å²) in [5, 5.41) is 3.91. The van der Waals surface area contributed by atoms with E-state index in [2.05, 4.69) is 39.3 Å². The first kappa shape index (κ1) is 19.5. The Balaban J connectivity index is 1.55. The van der Waals surface area contributed by atoms with Crippen molar-refractivity contribution < 1.29 is 14.1 Å². The van der Waals surface area contributed by atoms with E-state index >= 15 is 0 Å². The summed E-state index contributed by atoms with van der Waals surface area (Å²) in [6, 6.07) is 10.4. The monoisotopic (exact) mass is 372 g/mol. The highest BCUT2D eigenvalue weighted by Gasteiger charge is 2.28. The Morgan fingerprint density at radius 1 is 1.41 bits per heavy atom. The number of hydrogen-bond acceptors (Lipinski definition) is 6. The number of amides is 1. The number of carbonyl (C=O) groups excluding carboxylic acids is 1. The molecule has 0 aliphatic carbocycles. The summed E-state index contributed by atoms with van der Waals surface area (Å²) in [6.45, 7) is 4.87. The number of nitrogens with zero attached hydrogens (tertiary/aromatic N) is 4. The first-order valence-electron chi connectivity index (χ1n) is 9.43. The van der Waals surface area contributed by atoms with Crippen molar-refractivity contribution in [3.8, 4) is 0 Å². The van der Waals surface area contributed by atoms with Crippen LogP contribution in [0, 0.1) is 5.92 Å². The van der Waals surface area contributed by atoms with Crippen molar-refractivity contribution in [2.45, 2.75) is 39.0 Å². The Labute approximate surface area is 160 Å². The fourth-order valence-electron chi connectivity index (χ4n) is 3.44. The molecule has 2 atom stereocenters. The van der Waals surface area contributed by atoms with E-state index in [4.69, 9.17) is 9.26 Å². The highest BCUT2D eigenvalue weighted by molar-refractivity contribution is 5.78. The Hall–Kier alpha value is -2.25. The second kappa shape index (κ2) is 9.10. The lowest BCUT2D eigenvalue weighted by Crippen LogP contribution is -2.43. The number of hydrogen-bond donors (Lipinski definition) is 0. The topological polar surface area (TPSA) is 71.7 Å². The molecular formula is C20H28N4O3. The number of benzene rings is 1. The highest BCUT2D eigenvalue weighted by atomic mass is 16.5. The molecule has 7 heteroatoms. The van der Waals surface area contributed by atoms with Gasteiger partial charge in [-0.2, -0.15) is 4.98 Å². The molecule has 2 unspecified atom stereocenters. The predicted octanol–water partition coefficient (Wildman–Crippen LogP) is 2.65. The van der Waals surface area contributed by atoms with E-state index in [1.165, 1.54) is 5.56 Å². The van der Waals surface area contributed by atoms with E-state index in [0.717, 1.165) is 32.5 Å². The number of aromatic nitrogens is 2. The lowest BCUT2D eigenvalue weighted by molar-refractivity contribution is -0.137. The standard InChI is InChI=1S/C20H28N4O3/c1-15(26-3)19-21-18(27-22-19)14-23(2)20(25)17-10-7-11-24(13-17)12-16-8-5-4-6-9-16/h4-6,8-9,15,17H,7,10-14H2,1-3H3. The van der Waals surface area contributed by atoms with Crippen molar-refractivity contribution in [2.75, 3.05) is 27.2 Å². The van der Waals surface area contributed by atoms with E-state index in [-0.39, 0.29) is 17.9 Å². The maximum atomic E-state index is 12.9. The van der Waals surface area contributed by atoms with E-state index in [1.807, 2.05) is 13.0 Å². The van der Waals surface area contributed by atoms with Crippen LogP contribution in [0.5, 0.6) is 0 Å². The molecule has 1 aliphatic rings. The summed E-state index contributed by atoms with van der Waals surface area (Å²) in [7, 11) is 3.39. The quantitative estimate of drug-likeness (QED) is 0.744. The van der Waals surface area contributed by atoms with Crippen LogP contribution in [0.2, 0.25) is 0 Å². The maximum Gasteiger partial charge on any atom is 0.246 e. The van der Waals surface area contributed by atoms with Gasteiger partial charge in [0.15, 0.2) is 5.82 Å². The molecule has 0 bridgehead atoms. The SMILES string of the molecule is COC(C)c1noc(CN(C)C(=O)C2CCCN(Cc3ccccc3)C2)n1. The number of piperidine rings is 1. The molecule has 146 valence electrons. The molecule has 1 fully saturated rings. The van der Waals surface area contributed by atoms with Crippen molar-refractivity contribution >= 4 is 5.91 Å². The van der Waals surface area contributed by atoms with Crippen LogP contribution >= 0.6 is 0 Å². The van der Waals surface area contributed by atoms with Crippen molar-refractivity contribution in [1.82, 2.24) is 19.9 Å². The van der Waals surface area contributed by atoms with Gasteiger partial charge >= 0.3 is 0 Å². The lowest BCUT2D eigenvalue weighted by Gasteiger charge is -2.33. The molecule has 2 heterocycles. The fraction of sp³-hybridized carbons (Fsp3) is 0.550. The lowest BCUT2D eigenvalue weighted by atomic mass is 9.96. The number of rotatable bonds is 7. The fourth-order valence-corrected chi connectivity index (χ4v) is 3.44. The van der Waals surface area contributed by atoms with Crippen LogP contribution < -0.4 is 0 Å². The Kier molecular flexibility index (Phi) is 6.58. The molecule has 0 radical (unpaired) electrons. The smallest absolute Gasteiger partial charge is 0.246 e. The highest BCUT2D eigenvalue weighted by Crippen LogP contribution is 2.21. The minimum absolute atomic E-state index is 0.00718. The van der Waals surface area contributed by atoms with Crippen LogP contribution in [0.15, 0.2) is 34.9 Å². The molecule has 27 heavy (non-hydrogen) atoms. The summed E-state index contributed by atoms with van der Waals surface area (Å²) >= 11 is 0. The van der Waals surface area contributed by atoms with Gasteiger partial charge in [0.25, 0.3) is 0 Å². The first-order valence-corrected chi connectivity index (χ1v) is 9.43. The zero-order valence-electron chi connectivity index (χ0n) is 16.3. The third-order valence-electron chi connectivity index (χ3n) is 5.05. The normalized spacial score (nSPS) is 19.0. The summed E-state index contributed by atoms with van der Waals surface area (Å²) in [5.74, 6) is 1.07. The largest absolute Gasteiger partial charge is 0.374 e. The molecule has 1 aromatic heterocycles. The van der Waals surface area contributed by atoms with Gasteiger partial charge in [0.2, 0.25) is 11.8 Å². The molecule has 1 aliphatic heterocycles. The van der Waals surface area contributed by atoms with Crippen molar-refractivity contribution in [1.29, 1.82) is 0 Å². The van der Waals surface area contributed by atoms with Crippen LogP contribution in [0.3, 0.4) is 0 Å². The number of ether oxygens (including phenoxy) is 1. The molecule has 2 aromatic rings. The van der Waals surface area contributed by atoms with Gasteiger partial charge in [-0.1, -0.05) is 35.5 Å². The molecule has 1 aromatic carbocycles. The third-order valence-corrected chi connectivity index (χ3v) is 5.05. The van der Waals surface area contributed by atoms with Gasteiger partial charge in [0, 0.05) is 27.2 Å². The summed E-state index contributed by atoms with van der Waals surface area (Å²) < 4.78 is 10.4. The zero-order chi connectivity index (χ0) is 19.2. The second-order valence-electron chi connectivity index (χ2n) is 7.18. The molecule has 7 nitrogen and oxygen atoms in total. The van der Waals surface area contributed by atoms with Crippen molar-refractivity contribution in [2.24, 2.45) is 5.92 Å². The average Bonchev–Trinajstić information content (AvgIpc) is 3.16. The molecule has 0 saturated carbocycles. The van der Waals surface area contributed by atoms with Crippen molar-refractivity contribution in [3.63, 3.8) is 0 Å². The average molecular weight is 372 g/mol. The predicted molar refractivity (Wildman–Crippen MR) is 101 cm³/mol. The number of likely N-dealkylation sites (tertiary alicyclic amines) is 1. The number of methoxy groups -OCH3 is 1. The van der Waals surface area contributed by atoms with Crippen LogP contribution in [-0.4, -0.2) is 53.1 Å². The van der Waals surface area contributed by atoms with Crippen LogP contribution in [-0.2, 0) is 22.6 Å². The molecule has 1 amide bonds. The third kappa shape index (κ3) is 5.14. The Bertz CT molecular complexity index is 734. The second-order valence-corrected chi connectivity index (χ2v) is 7.18. The minimum Gasteiger partial charge on any atom is -0.374 e. The first-order chi connectivity index (χ1) is 13.1. The van der Waals surface area contributed by atoms with Crippen LogP contribution in [0.25, 0.3) is 0 Å². The van der Waals surface area contributed by atoms with E-state index in [1.54, 1.807) is 19.1 Å². The van der Waals surface area contributed by atoms with E-state index in [9.17, 15) is 4.79 Å². The van der Waals surface area contributed by atoms with Gasteiger partial charge < -0.3 is 14.2 Å². The van der Waals surface area contributed by atoms with E-state index in [0.29, 0.717) is 18.3 Å². The van der Waals surface area contributed by atoms with Gasteiger partial charge in [-0.25, -0.2) is 0 Å².